The largest absolute Gasteiger partial charge is 0.497 e. The minimum atomic E-state index is -0.607. The van der Waals surface area contributed by atoms with Crippen LogP contribution in [0.2, 0.25) is 0 Å². The number of carbonyl (C=O) groups excluding carboxylic acids is 3. The van der Waals surface area contributed by atoms with E-state index in [1.54, 1.807) is 24.3 Å². The van der Waals surface area contributed by atoms with E-state index in [0.29, 0.717) is 17.1 Å². The van der Waals surface area contributed by atoms with Crippen LogP contribution in [0.25, 0.3) is 0 Å². The zero-order chi connectivity index (χ0) is 20.4. The summed E-state index contributed by atoms with van der Waals surface area (Å²) in [5, 5.41) is 5.16. The minimum absolute atomic E-state index is 0.0184. The Balaban J connectivity index is 1.61. The van der Waals surface area contributed by atoms with Crippen molar-refractivity contribution in [2.45, 2.75) is 0 Å². The van der Waals surface area contributed by atoms with E-state index >= 15 is 0 Å². The second kappa shape index (κ2) is 10.9. The standard InChI is InChI=1S/C19H19FN2O5S/c1-26-16-8-6-15(7-9-16)21-17(23)10-27-19(25)12-28-11-18(24)22-14-4-2-13(20)3-5-14/h2-9H,10-12H2,1H3,(H,21,23)(H,22,24). The van der Waals surface area contributed by atoms with Gasteiger partial charge in [-0.3, -0.25) is 14.4 Å². The van der Waals surface area contributed by atoms with Crippen LogP contribution in [0.4, 0.5) is 15.8 Å². The van der Waals surface area contributed by atoms with Crippen LogP contribution in [0.3, 0.4) is 0 Å². The Kier molecular flexibility index (Phi) is 8.29. The molecule has 0 aliphatic heterocycles. The smallest absolute Gasteiger partial charge is 0.316 e. The first kappa shape index (κ1) is 21.2. The summed E-state index contributed by atoms with van der Waals surface area (Å²) >= 11 is 1.05. The van der Waals surface area contributed by atoms with Gasteiger partial charge in [-0.1, -0.05) is 0 Å². The highest BCUT2D eigenvalue weighted by molar-refractivity contribution is 8.00. The molecule has 9 heteroatoms. The van der Waals surface area contributed by atoms with Gasteiger partial charge in [0.15, 0.2) is 6.61 Å². The van der Waals surface area contributed by atoms with Gasteiger partial charge in [0, 0.05) is 11.4 Å². The van der Waals surface area contributed by atoms with E-state index < -0.39 is 24.3 Å². The van der Waals surface area contributed by atoms with E-state index in [-0.39, 0.29) is 17.4 Å². The quantitative estimate of drug-likeness (QED) is 0.622. The van der Waals surface area contributed by atoms with Crippen LogP contribution in [-0.2, 0) is 19.1 Å². The Morgan fingerprint density at radius 1 is 0.893 bits per heavy atom. The van der Waals surface area contributed by atoms with Crippen molar-refractivity contribution >= 4 is 40.9 Å². The first-order valence-electron chi connectivity index (χ1n) is 8.19. The molecule has 0 unspecified atom stereocenters. The Hall–Kier alpha value is -3.07. The number of benzene rings is 2. The van der Waals surface area contributed by atoms with E-state index in [1.165, 1.54) is 31.4 Å². The van der Waals surface area contributed by atoms with Gasteiger partial charge in [-0.2, -0.15) is 0 Å². The zero-order valence-electron chi connectivity index (χ0n) is 15.1. The van der Waals surface area contributed by atoms with Gasteiger partial charge in [-0.05, 0) is 48.5 Å². The summed E-state index contributed by atoms with van der Waals surface area (Å²) in [6.45, 7) is -0.423. The van der Waals surface area contributed by atoms with E-state index in [1.807, 2.05) is 0 Å². The first-order chi connectivity index (χ1) is 13.5. The fourth-order valence-electron chi connectivity index (χ4n) is 2.02. The minimum Gasteiger partial charge on any atom is -0.497 e. The molecule has 2 N–H and O–H groups in total. The lowest BCUT2D eigenvalue weighted by molar-refractivity contribution is -0.144. The molecule has 0 aliphatic carbocycles. The van der Waals surface area contributed by atoms with Crippen LogP contribution >= 0.6 is 11.8 Å². The van der Waals surface area contributed by atoms with E-state index in [2.05, 4.69) is 10.6 Å². The fourth-order valence-corrected chi connectivity index (χ4v) is 2.63. The van der Waals surface area contributed by atoms with Crippen molar-refractivity contribution in [1.29, 1.82) is 0 Å². The average Bonchev–Trinajstić information content (AvgIpc) is 2.69. The molecule has 0 fully saturated rings. The highest BCUT2D eigenvalue weighted by atomic mass is 32.2. The van der Waals surface area contributed by atoms with Crippen molar-refractivity contribution in [3.63, 3.8) is 0 Å². The molecule has 148 valence electrons. The maximum atomic E-state index is 12.8. The van der Waals surface area contributed by atoms with Crippen molar-refractivity contribution in [3.8, 4) is 5.75 Å². The lowest BCUT2D eigenvalue weighted by Gasteiger charge is -2.08. The van der Waals surface area contributed by atoms with Crippen molar-refractivity contribution in [3.05, 3.63) is 54.3 Å². The maximum Gasteiger partial charge on any atom is 0.316 e. The number of methoxy groups -OCH3 is 1. The Labute approximate surface area is 165 Å². The number of hydrogen-bond acceptors (Lipinski definition) is 6. The zero-order valence-corrected chi connectivity index (χ0v) is 15.9. The summed E-state index contributed by atoms with van der Waals surface area (Å²) in [5.41, 5.74) is 1.01. The summed E-state index contributed by atoms with van der Waals surface area (Å²) < 4.78 is 22.7. The van der Waals surface area contributed by atoms with Gasteiger partial charge in [0.2, 0.25) is 5.91 Å². The molecule has 0 bridgehead atoms. The molecule has 2 amide bonds. The molecule has 0 spiro atoms. The lowest BCUT2D eigenvalue weighted by atomic mass is 10.3. The van der Waals surface area contributed by atoms with Gasteiger partial charge in [0.05, 0.1) is 18.6 Å². The van der Waals surface area contributed by atoms with E-state index in [0.717, 1.165) is 11.8 Å². The van der Waals surface area contributed by atoms with E-state index in [9.17, 15) is 18.8 Å². The lowest BCUT2D eigenvalue weighted by Crippen LogP contribution is -2.22. The van der Waals surface area contributed by atoms with Crippen molar-refractivity contribution in [2.75, 3.05) is 35.9 Å². The predicted molar refractivity (Wildman–Crippen MR) is 105 cm³/mol. The number of thioether (sulfide) groups is 1. The Bertz CT molecular complexity index is 812. The Morgan fingerprint density at radius 3 is 2.07 bits per heavy atom. The normalized spacial score (nSPS) is 10.1. The fraction of sp³-hybridized carbons (Fsp3) is 0.211. The topological polar surface area (TPSA) is 93.7 Å². The highest BCUT2D eigenvalue weighted by Gasteiger charge is 2.10. The predicted octanol–water partition coefficient (Wildman–Crippen LogP) is 2.69. The van der Waals surface area contributed by atoms with Gasteiger partial charge >= 0.3 is 5.97 Å². The van der Waals surface area contributed by atoms with Crippen LogP contribution in [0, 0.1) is 5.82 Å². The van der Waals surface area contributed by atoms with Gasteiger partial charge < -0.3 is 20.1 Å². The molecular weight excluding hydrogens is 387 g/mol. The Morgan fingerprint density at radius 2 is 1.46 bits per heavy atom. The van der Waals surface area contributed by atoms with Gasteiger partial charge in [0.1, 0.15) is 11.6 Å². The molecule has 0 atom stereocenters. The molecule has 0 saturated carbocycles. The number of carbonyl (C=O) groups is 3. The second-order valence-corrected chi connectivity index (χ2v) is 6.47. The second-order valence-electron chi connectivity index (χ2n) is 5.49. The van der Waals surface area contributed by atoms with Gasteiger partial charge in [-0.25, -0.2) is 4.39 Å². The molecule has 0 radical (unpaired) electrons. The molecule has 0 heterocycles. The van der Waals surface area contributed by atoms with Gasteiger partial charge in [-0.15, -0.1) is 11.8 Å². The first-order valence-corrected chi connectivity index (χ1v) is 9.34. The monoisotopic (exact) mass is 406 g/mol. The number of amides is 2. The van der Waals surface area contributed by atoms with Crippen molar-refractivity contribution < 1.29 is 28.2 Å². The SMILES string of the molecule is COc1ccc(NC(=O)COC(=O)CSCC(=O)Nc2ccc(F)cc2)cc1. The van der Waals surface area contributed by atoms with Crippen LogP contribution in [-0.4, -0.2) is 43.0 Å². The van der Waals surface area contributed by atoms with Crippen LogP contribution in [0.5, 0.6) is 5.75 Å². The molecule has 0 saturated heterocycles. The number of anilines is 2. The third-order valence-corrected chi connectivity index (χ3v) is 4.23. The van der Waals surface area contributed by atoms with Crippen LogP contribution < -0.4 is 15.4 Å². The number of ether oxygens (including phenoxy) is 2. The average molecular weight is 406 g/mol. The molecule has 2 rings (SSSR count). The van der Waals surface area contributed by atoms with E-state index in [4.69, 9.17) is 9.47 Å². The third kappa shape index (κ3) is 7.67. The molecular formula is C19H19FN2O5S. The van der Waals surface area contributed by atoms with Gasteiger partial charge in [0.25, 0.3) is 5.91 Å². The summed E-state index contributed by atoms with van der Waals surface area (Å²) in [5.74, 6) is -1.21. The third-order valence-electron chi connectivity index (χ3n) is 3.32. The maximum absolute atomic E-state index is 12.8. The van der Waals surface area contributed by atoms with Crippen LogP contribution in [0.15, 0.2) is 48.5 Å². The molecule has 7 nitrogen and oxygen atoms in total. The highest BCUT2D eigenvalue weighted by Crippen LogP contribution is 2.15. The number of rotatable bonds is 9. The molecule has 0 aromatic heterocycles. The number of hydrogen-bond donors (Lipinski definition) is 2. The summed E-state index contributed by atoms with van der Waals surface area (Å²) in [7, 11) is 1.54. The molecule has 2 aromatic carbocycles. The molecule has 28 heavy (non-hydrogen) atoms. The number of esters is 1. The molecule has 2 aromatic rings. The van der Waals surface area contributed by atoms with Crippen LogP contribution in [0.1, 0.15) is 0 Å². The number of halogens is 1. The summed E-state index contributed by atoms with van der Waals surface area (Å²) in [6, 6.07) is 12.0. The summed E-state index contributed by atoms with van der Waals surface area (Å²) in [6.07, 6.45) is 0. The summed E-state index contributed by atoms with van der Waals surface area (Å²) in [4.78, 5) is 35.2. The van der Waals surface area contributed by atoms with Crippen molar-refractivity contribution in [1.82, 2.24) is 0 Å². The molecule has 0 aliphatic rings. The van der Waals surface area contributed by atoms with Crippen molar-refractivity contribution in [2.24, 2.45) is 0 Å². The number of nitrogens with one attached hydrogen (secondary N) is 2.